The lowest BCUT2D eigenvalue weighted by atomic mass is 9.51. The Balaban J connectivity index is 1.51. The summed E-state index contributed by atoms with van der Waals surface area (Å²) in [4.78, 5) is 40.4. The summed E-state index contributed by atoms with van der Waals surface area (Å²) in [5.41, 5.74) is -0.259. The highest BCUT2D eigenvalue weighted by Gasteiger charge is 2.81. The highest BCUT2D eigenvalue weighted by Crippen LogP contribution is 2.69. The quantitative estimate of drug-likeness (QED) is 0.196. The number of allylic oxidation sites excluding steroid dienone is 5. The molecule has 3 unspecified atom stereocenters. The Labute approximate surface area is 270 Å². The maximum atomic E-state index is 15.0. The summed E-state index contributed by atoms with van der Waals surface area (Å²) in [5.74, 6) is -0.231. The van der Waals surface area contributed by atoms with E-state index in [9.17, 15) is 19.5 Å². The number of ether oxygens (including phenoxy) is 4. The van der Waals surface area contributed by atoms with E-state index >= 15 is 0 Å². The summed E-state index contributed by atoms with van der Waals surface area (Å²) in [6.07, 6.45) is 8.89. The molecule has 0 amide bonds. The van der Waals surface area contributed by atoms with Crippen molar-refractivity contribution in [3.8, 4) is 17.2 Å². The summed E-state index contributed by atoms with van der Waals surface area (Å²) in [6.45, 7) is 18.4. The molecule has 7 aliphatic rings. The van der Waals surface area contributed by atoms with Crippen molar-refractivity contribution in [2.45, 2.75) is 115 Å². The molecule has 8 rings (SSSR count). The predicted octanol–water partition coefficient (Wildman–Crippen LogP) is 6.99. The molecule has 8 heteroatoms. The normalized spacial score (nSPS) is 36.0. The number of hydrogen-bond donors (Lipinski definition) is 1. The topological polar surface area (TPSA) is 108 Å². The van der Waals surface area contributed by atoms with Crippen molar-refractivity contribution in [1.29, 1.82) is 0 Å². The molecule has 3 aliphatic heterocycles. The van der Waals surface area contributed by atoms with Crippen molar-refractivity contribution in [3.63, 3.8) is 0 Å². The number of hydrogen-bond acceptors (Lipinski definition) is 8. The SMILES string of the molecule is C=C(C)[C@@H]1CC[C@@]2(C)CC1c1c(O)c3c(c(CC=C(C)C)c1O2)O[C@]12C(=CC4CC1C(C)(C)O[C@@]2(C/C=C(/C)OC=O)C4=O)C3=O. The Morgan fingerprint density at radius 2 is 1.85 bits per heavy atom. The van der Waals surface area contributed by atoms with Gasteiger partial charge in [-0.05, 0) is 92.6 Å². The van der Waals surface area contributed by atoms with Gasteiger partial charge in [-0.15, -0.1) is 0 Å². The van der Waals surface area contributed by atoms with Crippen LogP contribution in [0, 0.1) is 17.8 Å². The molecule has 1 N–H and O–H groups in total. The van der Waals surface area contributed by atoms with E-state index in [0.29, 0.717) is 53.9 Å². The Morgan fingerprint density at radius 3 is 2.52 bits per heavy atom. The fraction of sp³-hybridized carbons (Fsp3) is 0.553. The Kier molecular flexibility index (Phi) is 6.68. The van der Waals surface area contributed by atoms with Crippen LogP contribution in [0.2, 0.25) is 0 Å². The van der Waals surface area contributed by atoms with Crippen molar-refractivity contribution in [3.05, 3.63) is 64.0 Å². The number of phenolic OH excluding ortho intramolecular Hbond substituents is 1. The molecule has 2 saturated carbocycles. The van der Waals surface area contributed by atoms with Crippen LogP contribution in [0.25, 0.3) is 0 Å². The lowest BCUT2D eigenvalue weighted by molar-refractivity contribution is -0.171. The lowest BCUT2D eigenvalue weighted by Gasteiger charge is -2.56. The molecule has 1 aromatic rings. The van der Waals surface area contributed by atoms with Gasteiger partial charge in [-0.2, -0.15) is 0 Å². The first-order valence-corrected chi connectivity index (χ1v) is 16.5. The molecular weight excluding hydrogens is 584 g/mol. The van der Waals surface area contributed by atoms with Gasteiger partial charge < -0.3 is 24.1 Å². The van der Waals surface area contributed by atoms with Gasteiger partial charge >= 0.3 is 0 Å². The molecule has 1 saturated heterocycles. The number of carbonyl (C=O) groups excluding carboxylic acids is 3. The van der Waals surface area contributed by atoms with Crippen LogP contribution >= 0.6 is 0 Å². The Morgan fingerprint density at radius 1 is 1.11 bits per heavy atom. The van der Waals surface area contributed by atoms with Crippen LogP contribution in [0.15, 0.2) is 47.3 Å². The van der Waals surface area contributed by atoms with Crippen LogP contribution in [0.5, 0.6) is 17.2 Å². The highest BCUT2D eigenvalue weighted by atomic mass is 16.6. The van der Waals surface area contributed by atoms with Crippen LogP contribution in [0.1, 0.15) is 108 Å². The van der Waals surface area contributed by atoms with Gasteiger partial charge in [0.05, 0.1) is 5.60 Å². The highest BCUT2D eigenvalue weighted by molar-refractivity contribution is 6.18. The molecule has 1 spiro atoms. The summed E-state index contributed by atoms with van der Waals surface area (Å²) >= 11 is 0. The molecule has 6 bridgehead atoms. The molecule has 3 heterocycles. The van der Waals surface area contributed by atoms with Crippen LogP contribution in [-0.4, -0.2) is 45.5 Å². The van der Waals surface area contributed by atoms with E-state index < -0.39 is 28.3 Å². The second-order valence-electron chi connectivity index (χ2n) is 15.4. The standard InChI is InChI=1S/C38H44O8/c1-19(2)9-10-24-32-28(25-17-36(8,44-32)13-12-23(25)20(3)4)31(41)29-30(40)26-15-22-16-27-35(6,7)46-37(34(22)42,14-11-21(5)43-18-39)38(26,27)45-33(24)29/h9,11,15,18,22-23,25,27,41H,3,10,12-14,16-17H2,1-2,4-8H3/b21-11-/t22?,23-,25?,27?,36-,37-,38+/m0/s1. The van der Waals surface area contributed by atoms with E-state index in [-0.39, 0.29) is 52.8 Å². The zero-order chi connectivity index (χ0) is 33.1. The molecule has 1 aromatic carbocycles. The molecule has 0 radical (unpaired) electrons. The average Bonchev–Trinajstić information content (AvgIpc) is 3.12. The van der Waals surface area contributed by atoms with Gasteiger partial charge in [-0.3, -0.25) is 14.4 Å². The second kappa shape index (κ2) is 9.93. The van der Waals surface area contributed by atoms with E-state index in [4.69, 9.17) is 18.9 Å². The number of Topliss-reactive ketones (excluding diaryl/α,β-unsaturated/α-hetero) is 2. The number of rotatable bonds is 7. The molecule has 244 valence electrons. The summed E-state index contributed by atoms with van der Waals surface area (Å²) in [5, 5.41) is 12.2. The number of benzene rings is 1. The average molecular weight is 629 g/mol. The van der Waals surface area contributed by atoms with Gasteiger partial charge in [0.15, 0.2) is 22.8 Å². The minimum absolute atomic E-state index is 0.0546. The van der Waals surface area contributed by atoms with Gasteiger partial charge in [-0.25, -0.2) is 0 Å². The largest absolute Gasteiger partial charge is 0.507 e. The number of carbonyl (C=O) groups is 3. The first-order valence-electron chi connectivity index (χ1n) is 16.5. The van der Waals surface area contributed by atoms with E-state index in [1.165, 1.54) is 0 Å². The van der Waals surface area contributed by atoms with Gasteiger partial charge in [0.25, 0.3) is 6.47 Å². The Bertz CT molecular complexity index is 1700. The third kappa shape index (κ3) is 3.91. The first kappa shape index (κ1) is 31.0. The predicted molar refractivity (Wildman–Crippen MR) is 171 cm³/mol. The minimum atomic E-state index is -1.54. The minimum Gasteiger partial charge on any atom is -0.507 e. The van der Waals surface area contributed by atoms with Gasteiger partial charge in [0.1, 0.15) is 34.2 Å². The molecule has 4 aliphatic carbocycles. The van der Waals surface area contributed by atoms with Gasteiger partial charge in [-0.1, -0.05) is 29.9 Å². The zero-order valence-electron chi connectivity index (χ0n) is 27.9. The van der Waals surface area contributed by atoms with Crippen LogP contribution < -0.4 is 9.47 Å². The van der Waals surface area contributed by atoms with E-state index in [0.717, 1.165) is 24.0 Å². The fourth-order valence-corrected chi connectivity index (χ4v) is 9.68. The molecule has 0 aromatic heterocycles. The van der Waals surface area contributed by atoms with Crippen molar-refractivity contribution in [2.75, 3.05) is 0 Å². The molecule has 46 heavy (non-hydrogen) atoms. The van der Waals surface area contributed by atoms with Crippen molar-refractivity contribution in [1.82, 2.24) is 0 Å². The maximum absolute atomic E-state index is 15.0. The number of ketones is 2. The van der Waals surface area contributed by atoms with E-state index in [1.807, 2.05) is 34.6 Å². The molecule has 8 nitrogen and oxygen atoms in total. The van der Waals surface area contributed by atoms with Crippen molar-refractivity contribution >= 4 is 18.0 Å². The van der Waals surface area contributed by atoms with E-state index in [1.54, 1.807) is 19.1 Å². The molecular formula is C38H44O8. The van der Waals surface area contributed by atoms with Gasteiger partial charge in [0, 0.05) is 40.9 Å². The van der Waals surface area contributed by atoms with Crippen molar-refractivity contribution in [2.24, 2.45) is 17.8 Å². The third-order valence-corrected chi connectivity index (χ3v) is 11.7. The molecule has 7 atom stereocenters. The Hall–Kier alpha value is -3.65. The number of aromatic hydroxyl groups is 1. The maximum Gasteiger partial charge on any atom is 0.298 e. The lowest BCUT2D eigenvalue weighted by Crippen LogP contribution is -2.72. The second-order valence-corrected chi connectivity index (χ2v) is 15.4. The van der Waals surface area contributed by atoms with Crippen LogP contribution in [0.3, 0.4) is 0 Å². The first-order chi connectivity index (χ1) is 21.6. The number of fused-ring (bicyclic) bond motifs is 5. The third-order valence-electron chi connectivity index (χ3n) is 11.7. The van der Waals surface area contributed by atoms with Crippen LogP contribution in [0.4, 0.5) is 0 Å². The summed E-state index contributed by atoms with van der Waals surface area (Å²) in [7, 11) is 0. The van der Waals surface area contributed by atoms with E-state index in [2.05, 4.69) is 19.6 Å². The fourth-order valence-electron chi connectivity index (χ4n) is 9.68. The zero-order valence-corrected chi connectivity index (χ0v) is 27.9. The molecule has 3 fully saturated rings. The monoisotopic (exact) mass is 628 g/mol. The van der Waals surface area contributed by atoms with Crippen molar-refractivity contribution < 1.29 is 38.4 Å². The number of phenols is 1. The van der Waals surface area contributed by atoms with Crippen LogP contribution in [-0.2, 0) is 25.5 Å². The smallest absolute Gasteiger partial charge is 0.298 e. The van der Waals surface area contributed by atoms with Gasteiger partial charge in [0.2, 0.25) is 0 Å². The summed E-state index contributed by atoms with van der Waals surface area (Å²) in [6, 6.07) is 0. The summed E-state index contributed by atoms with van der Waals surface area (Å²) < 4.78 is 26.0.